The molecule has 0 bridgehead atoms. The summed E-state index contributed by atoms with van der Waals surface area (Å²) in [7, 11) is 0. The van der Waals surface area contributed by atoms with Crippen LogP contribution in [0.3, 0.4) is 0 Å². The van der Waals surface area contributed by atoms with Crippen LogP contribution in [0.15, 0.2) is 55.9 Å². The Bertz CT molecular complexity index is 1140. The van der Waals surface area contributed by atoms with E-state index >= 15 is 0 Å². The second-order valence-corrected chi connectivity index (χ2v) is 8.30. The first kappa shape index (κ1) is 15.8. The molecular weight excluding hydrogens is 366 g/mol. The Morgan fingerprint density at radius 1 is 1.15 bits per heavy atom. The van der Waals surface area contributed by atoms with Gasteiger partial charge in [0.25, 0.3) is 5.56 Å². The number of aryl methyl sites for hydroxylation is 2. The molecule has 7 heteroatoms. The summed E-state index contributed by atoms with van der Waals surface area (Å²) in [6.45, 7) is 0. The van der Waals surface area contributed by atoms with Crippen LogP contribution in [-0.2, 0) is 12.8 Å². The molecule has 5 rings (SSSR count). The van der Waals surface area contributed by atoms with Gasteiger partial charge >= 0.3 is 0 Å². The minimum absolute atomic E-state index is 0.0697. The van der Waals surface area contributed by atoms with Crippen molar-refractivity contribution in [3.05, 3.63) is 57.3 Å². The largest absolute Gasteiger partial charge is 0.446 e. The summed E-state index contributed by atoms with van der Waals surface area (Å²) in [6, 6.07) is 9.45. The van der Waals surface area contributed by atoms with Crippen LogP contribution >= 0.6 is 23.1 Å². The van der Waals surface area contributed by atoms with Crippen LogP contribution in [0.5, 0.6) is 0 Å². The third kappa shape index (κ3) is 2.77. The van der Waals surface area contributed by atoms with E-state index in [4.69, 9.17) is 4.42 Å². The summed E-state index contributed by atoms with van der Waals surface area (Å²) < 4.78 is 5.87. The molecule has 0 radical (unpaired) electrons. The number of hydrogen-bond acceptors (Lipinski definition) is 6. The third-order valence-corrected chi connectivity index (χ3v) is 6.54. The van der Waals surface area contributed by atoms with E-state index in [1.807, 2.05) is 30.3 Å². The molecule has 1 N–H and O–H groups in total. The molecule has 1 aliphatic carbocycles. The molecule has 4 aromatic rings. The van der Waals surface area contributed by atoms with Gasteiger partial charge in [-0.25, -0.2) is 9.97 Å². The third-order valence-electron chi connectivity index (χ3n) is 4.48. The smallest absolute Gasteiger partial charge is 0.260 e. The lowest BCUT2D eigenvalue weighted by molar-refractivity contribution is 0.484. The van der Waals surface area contributed by atoms with Crippen molar-refractivity contribution in [1.29, 1.82) is 0 Å². The second kappa shape index (κ2) is 6.41. The van der Waals surface area contributed by atoms with Gasteiger partial charge in [-0.3, -0.25) is 4.79 Å². The second-order valence-electron chi connectivity index (χ2n) is 6.19. The highest BCUT2D eigenvalue weighted by atomic mass is 32.2. The van der Waals surface area contributed by atoms with Crippen LogP contribution in [0.2, 0.25) is 0 Å². The van der Waals surface area contributed by atoms with Crippen LogP contribution < -0.4 is 5.56 Å². The molecule has 0 amide bonds. The maximum absolute atomic E-state index is 12.7. The van der Waals surface area contributed by atoms with Crippen LogP contribution in [-0.4, -0.2) is 15.0 Å². The first-order chi connectivity index (χ1) is 12.8. The molecule has 4 aromatic heterocycles. The van der Waals surface area contributed by atoms with Crippen molar-refractivity contribution in [3.63, 3.8) is 0 Å². The number of aromatic nitrogens is 3. The fraction of sp³-hybridized carbons (Fsp3) is 0.211. The van der Waals surface area contributed by atoms with Gasteiger partial charge in [0, 0.05) is 11.1 Å². The molecular formula is C19H15N3O2S2. The lowest BCUT2D eigenvalue weighted by Gasteiger charge is -2.09. The van der Waals surface area contributed by atoms with Crippen molar-refractivity contribution in [3.8, 4) is 11.6 Å². The lowest BCUT2D eigenvalue weighted by atomic mass is 9.97. The molecule has 0 spiro atoms. The number of fused-ring (bicyclic) bond motifs is 3. The molecule has 0 saturated carbocycles. The van der Waals surface area contributed by atoms with Gasteiger partial charge < -0.3 is 9.40 Å². The number of nitrogens with one attached hydrogen (secondary N) is 1. The van der Waals surface area contributed by atoms with E-state index in [0.717, 1.165) is 34.5 Å². The zero-order valence-corrected chi connectivity index (χ0v) is 15.5. The maximum atomic E-state index is 12.7. The van der Waals surface area contributed by atoms with Gasteiger partial charge in [0.2, 0.25) is 0 Å². The Labute approximate surface area is 157 Å². The van der Waals surface area contributed by atoms with Gasteiger partial charge in [0.15, 0.2) is 16.7 Å². The molecule has 0 saturated heterocycles. The number of pyridine rings is 1. The fourth-order valence-corrected chi connectivity index (χ4v) is 5.29. The topological polar surface area (TPSA) is 71.8 Å². The molecule has 1 aliphatic rings. The summed E-state index contributed by atoms with van der Waals surface area (Å²) in [5.74, 6) is 1.04. The lowest BCUT2D eigenvalue weighted by Crippen LogP contribution is -2.10. The highest BCUT2D eigenvalue weighted by Crippen LogP contribution is 2.35. The van der Waals surface area contributed by atoms with E-state index in [1.165, 1.54) is 28.6 Å². The Morgan fingerprint density at radius 2 is 2.08 bits per heavy atom. The number of nitrogens with zero attached hydrogens (tertiary/aromatic N) is 2. The van der Waals surface area contributed by atoms with Crippen LogP contribution in [0, 0.1) is 0 Å². The summed E-state index contributed by atoms with van der Waals surface area (Å²) >= 11 is 3.08. The van der Waals surface area contributed by atoms with E-state index in [2.05, 4.69) is 15.0 Å². The fourth-order valence-electron chi connectivity index (χ4n) is 3.29. The molecule has 5 nitrogen and oxygen atoms in total. The monoisotopic (exact) mass is 381 g/mol. The van der Waals surface area contributed by atoms with Crippen molar-refractivity contribution in [2.45, 2.75) is 35.8 Å². The Hall–Kier alpha value is -2.38. The molecule has 0 aliphatic heterocycles. The van der Waals surface area contributed by atoms with Crippen molar-refractivity contribution >= 4 is 33.3 Å². The average Bonchev–Trinajstić information content (AvgIpc) is 3.27. The minimum Gasteiger partial charge on any atom is -0.446 e. The summed E-state index contributed by atoms with van der Waals surface area (Å²) in [4.78, 5) is 26.6. The van der Waals surface area contributed by atoms with Crippen LogP contribution in [0.4, 0.5) is 0 Å². The van der Waals surface area contributed by atoms with Crippen molar-refractivity contribution in [2.75, 3.05) is 0 Å². The van der Waals surface area contributed by atoms with Crippen LogP contribution in [0.25, 0.3) is 21.8 Å². The van der Waals surface area contributed by atoms with E-state index in [9.17, 15) is 4.79 Å². The first-order valence-corrected chi connectivity index (χ1v) is 10.1. The molecule has 0 aromatic carbocycles. The van der Waals surface area contributed by atoms with E-state index < -0.39 is 0 Å². The average molecular weight is 381 g/mol. The number of thiophene rings is 1. The highest BCUT2D eigenvalue weighted by molar-refractivity contribution is 7.99. The SMILES string of the molecule is O=c1[nH]c(-c2ccc(Sc3ccccn3)o2)nc2sc3c(c12)CCCC3. The van der Waals surface area contributed by atoms with Gasteiger partial charge in [0.1, 0.15) is 9.86 Å². The standard InChI is InChI=1S/C19H15N3O2S2/c23-18-16-11-5-1-2-6-13(11)25-19(16)22-17(21-18)12-8-9-15(24-12)26-14-7-3-4-10-20-14/h3-4,7-10H,1-2,5-6H2,(H,21,22,23). The van der Waals surface area contributed by atoms with Gasteiger partial charge in [-0.15, -0.1) is 11.3 Å². The van der Waals surface area contributed by atoms with Crippen molar-refractivity contribution in [2.24, 2.45) is 0 Å². The summed E-state index contributed by atoms with van der Waals surface area (Å²) in [6.07, 6.45) is 6.11. The number of furan rings is 1. The highest BCUT2D eigenvalue weighted by Gasteiger charge is 2.20. The predicted octanol–water partition coefficient (Wildman–Crippen LogP) is 4.67. The van der Waals surface area contributed by atoms with E-state index in [1.54, 1.807) is 17.5 Å². The molecule has 0 fully saturated rings. The predicted molar refractivity (Wildman–Crippen MR) is 103 cm³/mol. The zero-order chi connectivity index (χ0) is 17.5. The molecule has 4 heterocycles. The molecule has 0 atom stereocenters. The number of rotatable bonds is 3. The Morgan fingerprint density at radius 3 is 2.96 bits per heavy atom. The molecule has 26 heavy (non-hydrogen) atoms. The van der Waals surface area contributed by atoms with Gasteiger partial charge in [-0.2, -0.15) is 0 Å². The number of aromatic amines is 1. The summed E-state index contributed by atoms with van der Waals surface area (Å²) in [5, 5.41) is 2.34. The summed E-state index contributed by atoms with van der Waals surface area (Å²) in [5.41, 5.74) is 1.13. The van der Waals surface area contributed by atoms with E-state index in [0.29, 0.717) is 16.7 Å². The minimum atomic E-state index is -0.0697. The van der Waals surface area contributed by atoms with Crippen molar-refractivity contribution in [1.82, 2.24) is 15.0 Å². The molecule has 0 unspecified atom stereocenters. The number of H-pyrrole nitrogens is 1. The Balaban J connectivity index is 1.52. The zero-order valence-electron chi connectivity index (χ0n) is 13.8. The quantitative estimate of drug-likeness (QED) is 0.558. The first-order valence-electron chi connectivity index (χ1n) is 8.51. The van der Waals surface area contributed by atoms with Gasteiger partial charge in [0.05, 0.1) is 5.39 Å². The van der Waals surface area contributed by atoms with Crippen molar-refractivity contribution < 1.29 is 4.42 Å². The van der Waals surface area contributed by atoms with Gasteiger partial charge in [-0.1, -0.05) is 6.07 Å². The van der Waals surface area contributed by atoms with E-state index in [-0.39, 0.29) is 5.56 Å². The molecule has 130 valence electrons. The maximum Gasteiger partial charge on any atom is 0.260 e. The normalized spacial score (nSPS) is 13.8. The van der Waals surface area contributed by atoms with Crippen LogP contribution in [0.1, 0.15) is 23.3 Å². The van der Waals surface area contributed by atoms with Gasteiger partial charge in [-0.05, 0) is 67.3 Å². The Kier molecular flexibility index (Phi) is 3.90. The number of hydrogen-bond donors (Lipinski definition) is 1.